The van der Waals surface area contributed by atoms with E-state index in [9.17, 15) is 14.0 Å². The van der Waals surface area contributed by atoms with Crippen LogP contribution >= 0.6 is 34.2 Å². The average molecular weight is 488 g/mol. The van der Waals surface area contributed by atoms with E-state index >= 15 is 0 Å². The Kier molecular flexibility index (Phi) is 5.00. The first-order valence-corrected chi connectivity index (χ1v) is 9.47. The first kappa shape index (κ1) is 19.1. The van der Waals surface area contributed by atoms with Gasteiger partial charge in [-0.2, -0.15) is 0 Å². The van der Waals surface area contributed by atoms with Crippen LogP contribution in [0.2, 0.25) is 5.02 Å². The monoisotopic (exact) mass is 487 g/mol. The number of ether oxygens (including phenoxy) is 1. The molecule has 0 spiro atoms. The zero-order valence-corrected chi connectivity index (χ0v) is 17.3. The lowest BCUT2D eigenvalue weighted by Gasteiger charge is -2.28. The number of amides is 1. The highest BCUT2D eigenvalue weighted by Crippen LogP contribution is 2.49. The van der Waals surface area contributed by atoms with Crippen molar-refractivity contribution >= 4 is 51.8 Å². The average Bonchev–Trinajstić information content (AvgIpc) is 2.80. The zero-order chi connectivity index (χ0) is 19.2. The van der Waals surface area contributed by atoms with Crippen molar-refractivity contribution < 1.29 is 18.7 Å². The maximum atomic E-state index is 14.3. The third kappa shape index (κ3) is 2.89. The van der Waals surface area contributed by atoms with E-state index < -0.39 is 23.1 Å². The molecule has 0 saturated carbocycles. The number of halogens is 3. The molecule has 1 atom stereocenters. The van der Waals surface area contributed by atoms with Crippen LogP contribution in [0.1, 0.15) is 40.1 Å². The minimum atomic E-state index is -0.679. The van der Waals surface area contributed by atoms with Gasteiger partial charge in [-0.25, -0.2) is 9.18 Å². The van der Waals surface area contributed by atoms with Gasteiger partial charge in [0.15, 0.2) is 0 Å². The number of rotatable bonds is 2. The normalized spacial score (nSPS) is 17.8. The molecular weight excluding hydrogens is 472 g/mol. The highest BCUT2D eigenvalue weighted by Gasteiger charge is 2.47. The number of esters is 1. The smallest absolute Gasteiger partial charge is 0.337 e. The van der Waals surface area contributed by atoms with E-state index in [0.29, 0.717) is 11.3 Å². The third-order valence-electron chi connectivity index (χ3n) is 4.59. The Morgan fingerprint density at radius 1 is 1.27 bits per heavy atom. The molecule has 1 heterocycles. The van der Waals surface area contributed by atoms with Crippen LogP contribution in [0.4, 0.5) is 10.1 Å². The lowest BCUT2D eigenvalue weighted by atomic mass is 9.86. The lowest BCUT2D eigenvalue weighted by molar-refractivity contribution is 0.0600. The molecule has 2 aromatic carbocycles. The number of alkyl halides is 1. The summed E-state index contributed by atoms with van der Waals surface area (Å²) in [5, 5.41) is 0.0500. The summed E-state index contributed by atoms with van der Waals surface area (Å²) in [4.78, 5) is 26.6. The van der Waals surface area contributed by atoms with Crippen molar-refractivity contribution in [2.45, 2.75) is 23.3 Å². The number of anilines is 1. The number of hydrogen-bond acceptors (Lipinski definition) is 3. The number of carbonyl (C=O) groups excluding carboxylic acids is 2. The van der Waals surface area contributed by atoms with Crippen LogP contribution in [0.15, 0.2) is 36.4 Å². The minimum Gasteiger partial charge on any atom is -0.465 e. The predicted molar refractivity (Wildman–Crippen MR) is 107 cm³/mol. The van der Waals surface area contributed by atoms with E-state index in [1.807, 2.05) is 19.9 Å². The second kappa shape index (κ2) is 6.81. The van der Waals surface area contributed by atoms with E-state index in [0.717, 1.165) is 5.56 Å². The highest BCUT2D eigenvalue weighted by atomic mass is 127. The van der Waals surface area contributed by atoms with E-state index in [2.05, 4.69) is 22.6 Å². The van der Waals surface area contributed by atoms with Gasteiger partial charge in [0, 0.05) is 11.1 Å². The molecule has 0 fully saturated rings. The Labute approximate surface area is 169 Å². The quantitative estimate of drug-likeness (QED) is 0.260. The van der Waals surface area contributed by atoms with Crippen LogP contribution in [-0.4, -0.2) is 23.0 Å². The van der Waals surface area contributed by atoms with E-state index in [4.69, 9.17) is 16.3 Å². The van der Waals surface area contributed by atoms with Crippen LogP contribution < -0.4 is 4.90 Å². The molecule has 136 valence electrons. The van der Waals surface area contributed by atoms with Gasteiger partial charge in [0.25, 0.3) is 5.91 Å². The van der Waals surface area contributed by atoms with Gasteiger partial charge < -0.3 is 4.74 Å². The second-order valence-electron chi connectivity index (χ2n) is 6.55. The number of fused-ring (bicyclic) bond motifs is 1. The molecule has 4 nitrogen and oxygen atoms in total. The Morgan fingerprint density at radius 2 is 1.96 bits per heavy atom. The summed E-state index contributed by atoms with van der Waals surface area (Å²) in [5.41, 5.74) is 1.21. The summed E-state index contributed by atoms with van der Waals surface area (Å²) >= 11 is 8.25. The summed E-state index contributed by atoms with van der Waals surface area (Å²) in [6.07, 6.45) is 0. The highest BCUT2D eigenvalue weighted by molar-refractivity contribution is 14.1. The van der Waals surface area contributed by atoms with Crippen molar-refractivity contribution in [3.8, 4) is 0 Å². The fraction of sp³-hybridized carbons (Fsp3) is 0.263. The Hall–Kier alpha value is -1.67. The summed E-state index contributed by atoms with van der Waals surface area (Å²) in [6.45, 7) is 3.99. The number of hydrogen-bond donors (Lipinski definition) is 0. The van der Waals surface area contributed by atoms with E-state index in [-0.39, 0.29) is 14.6 Å². The van der Waals surface area contributed by atoms with Crippen LogP contribution in [0, 0.1) is 5.82 Å². The molecule has 1 aliphatic heterocycles. The van der Waals surface area contributed by atoms with Crippen molar-refractivity contribution in [3.63, 3.8) is 0 Å². The van der Waals surface area contributed by atoms with Gasteiger partial charge in [-0.3, -0.25) is 9.69 Å². The number of carbonyl (C=O) groups is 2. The van der Waals surface area contributed by atoms with Crippen molar-refractivity contribution in [1.29, 1.82) is 0 Å². The van der Waals surface area contributed by atoms with Gasteiger partial charge in [0.05, 0.1) is 27.3 Å². The molecule has 0 bridgehead atoms. The molecule has 3 rings (SSSR count). The molecule has 1 amide bonds. The number of nitrogens with zero attached hydrogens (tertiary/aromatic N) is 1. The topological polar surface area (TPSA) is 46.6 Å². The molecule has 1 unspecified atom stereocenters. The molecule has 0 radical (unpaired) electrons. The molecule has 26 heavy (non-hydrogen) atoms. The van der Waals surface area contributed by atoms with Crippen LogP contribution in [0.5, 0.6) is 0 Å². The largest absolute Gasteiger partial charge is 0.465 e. The van der Waals surface area contributed by atoms with E-state index in [1.165, 1.54) is 30.2 Å². The summed E-state index contributed by atoms with van der Waals surface area (Å²) < 4.78 is 18.8. The van der Waals surface area contributed by atoms with Crippen molar-refractivity contribution in [1.82, 2.24) is 0 Å². The maximum Gasteiger partial charge on any atom is 0.337 e. The van der Waals surface area contributed by atoms with Crippen molar-refractivity contribution in [3.05, 3.63) is 63.9 Å². The SMILES string of the molecule is COC(=O)c1ccc2c(c1)N(C(=O)c1c(F)cccc1Cl)C(I)C2(C)C. The fourth-order valence-corrected chi connectivity index (χ4v) is 4.26. The standard InChI is InChI=1S/C19H16ClFINO3/c1-19(2)11-8-7-10(17(25)26-3)9-14(11)23(18(19)22)16(24)15-12(20)5-4-6-13(15)21/h4-9,18H,1-3H3. The minimum absolute atomic E-state index is 0.0500. The molecule has 0 aliphatic carbocycles. The molecule has 0 saturated heterocycles. The lowest BCUT2D eigenvalue weighted by Crippen LogP contribution is -2.41. The zero-order valence-electron chi connectivity index (χ0n) is 14.3. The molecule has 2 aromatic rings. The molecule has 7 heteroatoms. The van der Waals surface area contributed by atoms with Crippen LogP contribution in [-0.2, 0) is 10.2 Å². The maximum absolute atomic E-state index is 14.3. The van der Waals surface area contributed by atoms with Gasteiger partial charge in [-0.1, -0.05) is 60.2 Å². The van der Waals surface area contributed by atoms with Crippen molar-refractivity contribution in [2.75, 3.05) is 12.0 Å². The van der Waals surface area contributed by atoms with Gasteiger partial charge >= 0.3 is 5.97 Å². The van der Waals surface area contributed by atoms with Gasteiger partial charge in [-0.15, -0.1) is 0 Å². The molecular formula is C19H16ClFINO3. The first-order valence-electron chi connectivity index (χ1n) is 7.84. The van der Waals surface area contributed by atoms with E-state index in [1.54, 1.807) is 12.1 Å². The van der Waals surface area contributed by atoms with Crippen molar-refractivity contribution in [2.24, 2.45) is 0 Å². The van der Waals surface area contributed by atoms with Gasteiger partial charge in [0.1, 0.15) is 5.82 Å². The first-order chi connectivity index (χ1) is 12.2. The predicted octanol–water partition coefficient (Wildman–Crippen LogP) is 4.96. The Bertz CT molecular complexity index is 895. The summed E-state index contributed by atoms with van der Waals surface area (Å²) in [7, 11) is 1.29. The molecule has 0 aromatic heterocycles. The summed E-state index contributed by atoms with van der Waals surface area (Å²) in [6, 6.07) is 9.21. The van der Waals surface area contributed by atoms with Crippen LogP contribution in [0.3, 0.4) is 0 Å². The summed E-state index contributed by atoms with van der Waals surface area (Å²) in [5.74, 6) is -1.72. The Balaban J connectivity index is 2.18. The number of methoxy groups -OCH3 is 1. The number of benzene rings is 2. The van der Waals surface area contributed by atoms with Gasteiger partial charge in [0.2, 0.25) is 0 Å². The van der Waals surface area contributed by atoms with Crippen LogP contribution in [0.25, 0.3) is 0 Å². The fourth-order valence-electron chi connectivity index (χ4n) is 3.13. The van der Waals surface area contributed by atoms with Gasteiger partial charge in [-0.05, 0) is 29.8 Å². The molecule has 1 aliphatic rings. The third-order valence-corrected chi connectivity index (χ3v) is 7.02. The Morgan fingerprint density at radius 3 is 2.58 bits per heavy atom. The molecule has 0 N–H and O–H groups in total. The second-order valence-corrected chi connectivity index (χ2v) is 8.14.